The highest BCUT2D eigenvalue weighted by Crippen LogP contribution is 2.26. The predicted molar refractivity (Wildman–Crippen MR) is 73.4 cm³/mol. The molecule has 0 saturated heterocycles. The van der Waals surface area contributed by atoms with Crippen molar-refractivity contribution in [3.05, 3.63) is 28.5 Å². The minimum atomic E-state index is -0.985. The van der Waals surface area contributed by atoms with E-state index in [-0.39, 0.29) is 12.4 Å². The van der Waals surface area contributed by atoms with Crippen LogP contribution >= 0.6 is 15.9 Å². The fraction of sp³-hybridized carbons (Fsp3) is 0.538. The number of hydrogen-bond acceptors (Lipinski definition) is 3. The minimum Gasteiger partial charge on any atom is -0.489 e. The van der Waals surface area contributed by atoms with Crippen molar-refractivity contribution in [2.24, 2.45) is 0 Å². The van der Waals surface area contributed by atoms with Gasteiger partial charge in [0.05, 0.1) is 4.47 Å². The number of halogens is 2. The standard InChI is InChI=1S/C13H19BrFNO2/c1-3-6-16-8-13(2,17)9-18-12-7-10(15)4-5-11(12)14/h4-5,7,16-17H,3,6,8-9H2,1-2H3. The van der Waals surface area contributed by atoms with E-state index in [2.05, 4.69) is 28.2 Å². The summed E-state index contributed by atoms with van der Waals surface area (Å²) in [5.74, 6) is 0.0303. The Morgan fingerprint density at radius 1 is 1.50 bits per heavy atom. The maximum absolute atomic E-state index is 13.0. The second-order valence-electron chi connectivity index (χ2n) is 4.54. The molecule has 0 saturated carbocycles. The topological polar surface area (TPSA) is 41.5 Å². The van der Waals surface area contributed by atoms with Crippen LogP contribution in [0.1, 0.15) is 20.3 Å². The Kier molecular flexibility index (Phi) is 6.05. The molecule has 3 nitrogen and oxygen atoms in total. The molecule has 0 bridgehead atoms. The molecule has 1 unspecified atom stereocenters. The molecule has 0 aromatic heterocycles. The summed E-state index contributed by atoms with van der Waals surface area (Å²) in [7, 11) is 0. The molecule has 0 aliphatic rings. The van der Waals surface area contributed by atoms with Gasteiger partial charge in [0.15, 0.2) is 0 Å². The number of rotatable bonds is 7. The lowest BCUT2D eigenvalue weighted by Crippen LogP contribution is -2.43. The first-order chi connectivity index (χ1) is 8.44. The van der Waals surface area contributed by atoms with Gasteiger partial charge in [-0.2, -0.15) is 0 Å². The van der Waals surface area contributed by atoms with Crippen LogP contribution in [-0.4, -0.2) is 30.4 Å². The molecule has 0 aliphatic carbocycles. The largest absolute Gasteiger partial charge is 0.489 e. The van der Waals surface area contributed by atoms with Crippen LogP contribution in [0, 0.1) is 5.82 Å². The van der Waals surface area contributed by atoms with Gasteiger partial charge >= 0.3 is 0 Å². The number of aliphatic hydroxyl groups is 1. The second-order valence-corrected chi connectivity index (χ2v) is 5.39. The summed E-state index contributed by atoms with van der Waals surface area (Å²) in [5, 5.41) is 13.2. The molecule has 1 atom stereocenters. The molecule has 0 spiro atoms. The molecule has 1 rings (SSSR count). The molecular weight excluding hydrogens is 301 g/mol. The minimum absolute atomic E-state index is 0.103. The first kappa shape index (κ1) is 15.4. The Bertz CT molecular complexity index is 385. The molecular formula is C13H19BrFNO2. The molecule has 0 amide bonds. The number of benzene rings is 1. The lowest BCUT2D eigenvalue weighted by atomic mass is 10.1. The fourth-order valence-corrected chi connectivity index (χ4v) is 1.77. The highest BCUT2D eigenvalue weighted by Gasteiger charge is 2.21. The lowest BCUT2D eigenvalue weighted by Gasteiger charge is -2.24. The Morgan fingerprint density at radius 3 is 2.89 bits per heavy atom. The van der Waals surface area contributed by atoms with E-state index in [9.17, 15) is 9.50 Å². The van der Waals surface area contributed by atoms with Gasteiger partial charge in [-0.25, -0.2) is 4.39 Å². The van der Waals surface area contributed by atoms with Gasteiger partial charge in [0.2, 0.25) is 0 Å². The summed E-state index contributed by atoms with van der Waals surface area (Å²) < 4.78 is 19.1. The first-order valence-corrected chi connectivity index (χ1v) is 6.75. The van der Waals surface area contributed by atoms with Crippen LogP contribution in [0.15, 0.2) is 22.7 Å². The maximum atomic E-state index is 13.0. The van der Waals surface area contributed by atoms with Gasteiger partial charge in [0.25, 0.3) is 0 Å². The monoisotopic (exact) mass is 319 g/mol. The zero-order valence-corrected chi connectivity index (χ0v) is 12.3. The van der Waals surface area contributed by atoms with E-state index in [4.69, 9.17) is 4.74 Å². The van der Waals surface area contributed by atoms with E-state index in [1.165, 1.54) is 12.1 Å². The summed E-state index contributed by atoms with van der Waals surface area (Å²) in [6, 6.07) is 4.21. The van der Waals surface area contributed by atoms with Gasteiger partial charge in [0, 0.05) is 12.6 Å². The smallest absolute Gasteiger partial charge is 0.136 e. The van der Waals surface area contributed by atoms with Crippen LogP contribution in [0.5, 0.6) is 5.75 Å². The van der Waals surface area contributed by atoms with E-state index in [1.54, 1.807) is 13.0 Å². The number of hydrogen-bond donors (Lipinski definition) is 2. The molecule has 0 heterocycles. The summed E-state index contributed by atoms with van der Waals surface area (Å²) >= 11 is 3.27. The molecule has 0 fully saturated rings. The maximum Gasteiger partial charge on any atom is 0.136 e. The highest BCUT2D eigenvalue weighted by atomic mass is 79.9. The molecule has 1 aromatic rings. The molecule has 0 aliphatic heterocycles. The van der Waals surface area contributed by atoms with Gasteiger partial charge in [-0.1, -0.05) is 6.92 Å². The van der Waals surface area contributed by atoms with Crippen molar-refractivity contribution in [3.63, 3.8) is 0 Å². The van der Waals surface area contributed by atoms with Crippen LogP contribution < -0.4 is 10.1 Å². The zero-order chi connectivity index (χ0) is 13.6. The van der Waals surface area contributed by atoms with E-state index in [0.717, 1.165) is 13.0 Å². The molecule has 0 radical (unpaired) electrons. The van der Waals surface area contributed by atoms with Crippen LogP contribution in [0.3, 0.4) is 0 Å². The molecule has 5 heteroatoms. The summed E-state index contributed by atoms with van der Waals surface area (Å²) in [5.41, 5.74) is -0.985. The second kappa shape index (κ2) is 7.07. The number of nitrogens with one attached hydrogen (secondary N) is 1. The third-order valence-corrected chi connectivity index (χ3v) is 3.02. The van der Waals surface area contributed by atoms with Crippen LogP contribution in [0.25, 0.3) is 0 Å². The third-order valence-electron chi connectivity index (χ3n) is 2.36. The fourth-order valence-electron chi connectivity index (χ4n) is 1.41. The molecule has 18 heavy (non-hydrogen) atoms. The highest BCUT2D eigenvalue weighted by molar-refractivity contribution is 9.10. The van der Waals surface area contributed by atoms with E-state index >= 15 is 0 Å². The Hall–Kier alpha value is -0.650. The van der Waals surface area contributed by atoms with Crippen LogP contribution in [0.2, 0.25) is 0 Å². The quantitative estimate of drug-likeness (QED) is 0.759. The van der Waals surface area contributed by atoms with Gasteiger partial charge in [0.1, 0.15) is 23.8 Å². The van der Waals surface area contributed by atoms with Gasteiger partial charge in [-0.05, 0) is 48.0 Å². The van der Waals surface area contributed by atoms with Crippen LogP contribution in [-0.2, 0) is 0 Å². The lowest BCUT2D eigenvalue weighted by molar-refractivity contribution is 0.0121. The zero-order valence-electron chi connectivity index (χ0n) is 10.7. The van der Waals surface area contributed by atoms with E-state index < -0.39 is 5.60 Å². The first-order valence-electron chi connectivity index (χ1n) is 5.95. The SMILES string of the molecule is CCCNCC(C)(O)COc1cc(F)ccc1Br. The Balaban J connectivity index is 2.50. The molecule has 2 N–H and O–H groups in total. The van der Waals surface area contributed by atoms with E-state index in [0.29, 0.717) is 16.8 Å². The number of ether oxygens (including phenoxy) is 1. The predicted octanol–water partition coefficient (Wildman–Crippen LogP) is 2.72. The summed E-state index contributed by atoms with van der Waals surface area (Å²) in [6.07, 6.45) is 1.01. The van der Waals surface area contributed by atoms with Crippen molar-refractivity contribution in [2.45, 2.75) is 25.9 Å². The van der Waals surface area contributed by atoms with Crippen molar-refractivity contribution in [3.8, 4) is 5.75 Å². The van der Waals surface area contributed by atoms with Crippen molar-refractivity contribution < 1.29 is 14.2 Å². The van der Waals surface area contributed by atoms with Crippen molar-refractivity contribution in [1.29, 1.82) is 0 Å². The molecule has 1 aromatic carbocycles. The van der Waals surface area contributed by atoms with Crippen molar-refractivity contribution in [2.75, 3.05) is 19.7 Å². The van der Waals surface area contributed by atoms with Crippen LogP contribution in [0.4, 0.5) is 4.39 Å². The molecule has 102 valence electrons. The Morgan fingerprint density at radius 2 is 2.22 bits per heavy atom. The van der Waals surface area contributed by atoms with Crippen molar-refractivity contribution in [1.82, 2.24) is 5.32 Å². The van der Waals surface area contributed by atoms with Crippen molar-refractivity contribution >= 4 is 15.9 Å². The van der Waals surface area contributed by atoms with E-state index in [1.807, 2.05) is 0 Å². The van der Waals surface area contributed by atoms with Gasteiger partial charge in [-0.15, -0.1) is 0 Å². The summed E-state index contributed by atoms with van der Waals surface area (Å²) in [6.45, 7) is 5.13. The normalized spacial score (nSPS) is 14.3. The average Bonchev–Trinajstić information content (AvgIpc) is 2.31. The summed E-state index contributed by atoms with van der Waals surface area (Å²) in [4.78, 5) is 0. The Labute approximate surface area is 115 Å². The average molecular weight is 320 g/mol. The third kappa shape index (κ3) is 5.33. The van der Waals surface area contributed by atoms with Gasteiger partial charge in [-0.3, -0.25) is 0 Å². The van der Waals surface area contributed by atoms with Gasteiger partial charge < -0.3 is 15.2 Å².